The van der Waals surface area contributed by atoms with Crippen LogP contribution in [0.4, 0.5) is 5.69 Å². The Balaban J connectivity index is 0.00000242. The molecule has 4 heteroatoms. The number of aryl methyl sites for hydroxylation is 1. The van der Waals surface area contributed by atoms with Crippen LogP contribution in [0.2, 0.25) is 0 Å². The fraction of sp³-hybridized carbons (Fsp3) is 0.278. The number of pyridine rings is 1. The van der Waals surface area contributed by atoms with Gasteiger partial charge in [0.15, 0.2) is 12.4 Å². The molecule has 0 unspecified atom stereocenters. The van der Waals surface area contributed by atoms with Crippen LogP contribution in [0.3, 0.4) is 0 Å². The van der Waals surface area contributed by atoms with E-state index in [1.165, 1.54) is 11.1 Å². The monoisotopic (exact) mass is 410 g/mol. The van der Waals surface area contributed by atoms with Crippen molar-refractivity contribution >= 4 is 17.8 Å². The van der Waals surface area contributed by atoms with Gasteiger partial charge in [-0.2, -0.15) is 0 Å². The number of aliphatic hydroxyl groups is 1. The summed E-state index contributed by atoms with van der Waals surface area (Å²) in [4.78, 5) is 2.16. The summed E-state index contributed by atoms with van der Waals surface area (Å²) in [6.45, 7) is 3.85. The molecule has 1 heterocycles. The van der Waals surface area contributed by atoms with Crippen molar-refractivity contribution in [2.45, 2.75) is 6.92 Å². The van der Waals surface area contributed by atoms with Gasteiger partial charge in [-0.25, -0.2) is 4.57 Å². The molecular formula is C18H23IN2O. The van der Waals surface area contributed by atoms with Gasteiger partial charge in [0.05, 0.1) is 6.61 Å². The first-order valence-corrected chi connectivity index (χ1v) is 7.32. The van der Waals surface area contributed by atoms with Crippen molar-refractivity contribution in [3.8, 4) is 0 Å². The Hall–Kier alpha value is -1.40. The quantitative estimate of drug-likeness (QED) is 0.514. The number of hydrogen-bond acceptors (Lipinski definition) is 2. The molecule has 0 saturated heterocycles. The molecule has 0 aliphatic heterocycles. The van der Waals surface area contributed by atoms with E-state index < -0.39 is 0 Å². The second-order valence-corrected chi connectivity index (χ2v) is 5.03. The van der Waals surface area contributed by atoms with E-state index in [0.29, 0.717) is 6.54 Å². The first-order chi connectivity index (χ1) is 10.2. The molecule has 1 aromatic heterocycles. The Morgan fingerprint density at radius 2 is 1.55 bits per heavy atom. The van der Waals surface area contributed by atoms with Crippen molar-refractivity contribution in [1.82, 2.24) is 0 Å². The fourth-order valence-electron chi connectivity index (χ4n) is 2.20. The van der Waals surface area contributed by atoms with Gasteiger partial charge in [-0.3, -0.25) is 0 Å². The molecule has 22 heavy (non-hydrogen) atoms. The highest BCUT2D eigenvalue weighted by Gasteiger charge is 2.02. The van der Waals surface area contributed by atoms with Gasteiger partial charge in [0.2, 0.25) is 0 Å². The van der Waals surface area contributed by atoms with Gasteiger partial charge in [0.1, 0.15) is 7.05 Å². The minimum atomic E-state index is 0. The van der Waals surface area contributed by atoms with E-state index >= 15 is 0 Å². The minimum Gasteiger partial charge on any atom is -1.00 e. The fourth-order valence-corrected chi connectivity index (χ4v) is 2.20. The highest BCUT2D eigenvalue weighted by Crippen LogP contribution is 2.16. The molecule has 0 radical (unpaired) electrons. The average molecular weight is 410 g/mol. The molecule has 0 atom stereocenters. The summed E-state index contributed by atoms with van der Waals surface area (Å²) in [5, 5.41) is 9.06. The van der Waals surface area contributed by atoms with Crippen molar-refractivity contribution in [3.05, 3.63) is 59.9 Å². The van der Waals surface area contributed by atoms with Crippen molar-refractivity contribution in [1.29, 1.82) is 0 Å². The Kier molecular flexibility index (Phi) is 8.12. The number of aliphatic hydroxyl groups excluding tert-OH is 1. The van der Waals surface area contributed by atoms with E-state index in [9.17, 15) is 0 Å². The third kappa shape index (κ3) is 5.42. The average Bonchev–Trinajstić information content (AvgIpc) is 2.53. The minimum absolute atomic E-state index is 0. The molecule has 0 aliphatic carbocycles. The molecule has 118 valence electrons. The zero-order chi connectivity index (χ0) is 15.1. The zero-order valence-electron chi connectivity index (χ0n) is 13.1. The van der Waals surface area contributed by atoms with E-state index in [4.69, 9.17) is 5.11 Å². The number of benzene rings is 1. The molecular weight excluding hydrogens is 387 g/mol. The van der Waals surface area contributed by atoms with E-state index in [1.807, 2.05) is 24.0 Å². The van der Waals surface area contributed by atoms with Crippen LogP contribution in [0, 0.1) is 0 Å². The van der Waals surface area contributed by atoms with Gasteiger partial charge in [0, 0.05) is 30.9 Å². The largest absolute Gasteiger partial charge is 1.00 e. The second-order valence-electron chi connectivity index (χ2n) is 5.03. The van der Waals surface area contributed by atoms with E-state index in [-0.39, 0.29) is 30.6 Å². The van der Waals surface area contributed by atoms with Crippen molar-refractivity contribution in [3.63, 3.8) is 0 Å². The third-order valence-corrected chi connectivity index (χ3v) is 3.48. The van der Waals surface area contributed by atoms with Crippen LogP contribution in [0.1, 0.15) is 18.1 Å². The molecule has 1 aromatic carbocycles. The smallest absolute Gasteiger partial charge is 0.169 e. The maximum atomic E-state index is 9.06. The standard InChI is InChI=1S/C18H23N2O.HI/c1-3-20(14-15-21)18-8-6-16(7-9-18)4-5-17-10-12-19(2)13-11-17;/h4-13,21H,3,14-15H2,1-2H3;1H/q+1;/p-1. The molecule has 0 bridgehead atoms. The summed E-state index contributed by atoms with van der Waals surface area (Å²) in [7, 11) is 2.01. The van der Waals surface area contributed by atoms with Crippen molar-refractivity contribution in [2.75, 3.05) is 24.6 Å². The number of anilines is 1. The Morgan fingerprint density at radius 3 is 2.05 bits per heavy atom. The van der Waals surface area contributed by atoms with E-state index in [1.54, 1.807) is 0 Å². The lowest BCUT2D eigenvalue weighted by Gasteiger charge is -2.21. The number of hydrogen-bond donors (Lipinski definition) is 1. The molecule has 3 nitrogen and oxygen atoms in total. The van der Waals surface area contributed by atoms with Crippen LogP contribution >= 0.6 is 0 Å². The van der Waals surface area contributed by atoms with Crippen LogP contribution in [-0.2, 0) is 7.05 Å². The van der Waals surface area contributed by atoms with Crippen LogP contribution in [0.5, 0.6) is 0 Å². The summed E-state index contributed by atoms with van der Waals surface area (Å²) in [5.74, 6) is 0. The third-order valence-electron chi connectivity index (χ3n) is 3.48. The SMILES string of the molecule is CCN(CCO)c1ccc(C=Cc2cc[n+](C)cc2)cc1.[I-]. The van der Waals surface area contributed by atoms with Gasteiger partial charge >= 0.3 is 0 Å². The Bertz CT molecular complexity index is 579. The first-order valence-electron chi connectivity index (χ1n) is 7.32. The van der Waals surface area contributed by atoms with Gasteiger partial charge in [-0.1, -0.05) is 24.3 Å². The Morgan fingerprint density at radius 1 is 1.00 bits per heavy atom. The van der Waals surface area contributed by atoms with Crippen molar-refractivity contribution in [2.24, 2.45) is 7.05 Å². The zero-order valence-corrected chi connectivity index (χ0v) is 15.3. The molecule has 2 aromatic rings. The summed E-state index contributed by atoms with van der Waals surface area (Å²) >= 11 is 0. The maximum absolute atomic E-state index is 9.06. The van der Waals surface area contributed by atoms with Crippen LogP contribution in [0.25, 0.3) is 12.2 Å². The van der Waals surface area contributed by atoms with E-state index in [2.05, 4.69) is 60.4 Å². The van der Waals surface area contributed by atoms with Crippen LogP contribution < -0.4 is 33.4 Å². The van der Waals surface area contributed by atoms with Gasteiger partial charge in [0.25, 0.3) is 0 Å². The Labute approximate surface area is 149 Å². The lowest BCUT2D eigenvalue weighted by Crippen LogP contribution is -3.00. The molecule has 0 spiro atoms. The summed E-state index contributed by atoms with van der Waals surface area (Å²) in [5.41, 5.74) is 3.51. The summed E-state index contributed by atoms with van der Waals surface area (Å²) in [6, 6.07) is 12.6. The predicted octanol–water partition coefficient (Wildman–Crippen LogP) is -0.496. The molecule has 0 fully saturated rings. The first kappa shape index (κ1) is 18.6. The number of likely N-dealkylation sites (N-methyl/N-ethyl adjacent to an activating group) is 1. The molecule has 0 saturated carbocycles. The second kappa shape index (κ2) is 9.58. The normalized spacial score (nSPS) is 10.5. The lowest BCUT2D eigenvalue weighted by atomic mass is 10.1. The number of rotatable bonds is 6. The van der Waals surface area contributed by atoms with Crippen LogP contribution in [-0.4, -0.2) is 24.8 Å². The molecule has 0 amide bonds. The molecule has 1 N–H and O–H groups in total. The highest BCUT2D eigenvalue weighted by molar-refractivity contribution is 5.70. The van der Waals surface area contributed by atoms with Crippen LogP contribution in [0.15, 0.2) is 48.8 Å². The van der Waals surface area contributed by atoms with Gasteiger partial charge in [-0.05, 0) is 30.2 Å². The topological polar surface area (TPSA) is 27.3 Å². The van der Waals surface area contributed by atoms with Crippen molar-refractivity contribution < 1.29 is 33.7 Å². The molecule has 0 aliphatic rings. The number of aromatic nitrogens is 1. The molecule has 2 rings (SSSR count). The summed E-state index contributed by atoms with van der Waals surface area (Å²) in [6.07, 6.45) is 8.30. The predicted molar refractivity (Wildman–Crippen MR) is 88.0 cm³/mol. The maximum Gasteiger partial charge on any atom is 0.169 e. The van der Waals surface area contributed by atoms with E-state index in [0.717, 1.165) is 12.2 Å². The van der Waals surface area contributed by atoms with Gasteiger partial charge in [-0.15, -0.1) is 0 Å². The summed E-state index contributed by atoms with van der Waals surface area (Å²) < 4.78 is 2.02. The highest BCUT2D eigenvalue weighted by atomic mass is 127. The lowest BCUT2D eigenvalue weighted by molar-refractivity contribution is -0.671. The van der Waals surface area contributed by atoms with Gasteiger partial charge < -0.3 is 34.0 Å². The number of halogens is 1. The number of nitrogens with zero attached hydrogens (tertiary/aromatic N) is 2.